The molecule has 1 saturated heterocycles. The highest BCUT2D eigenvalue weighted by molar-refractivity contribution is 6.36. The third kappa shape index (κ3) is 3.15. The Hall–Kier alpha value is -1.91. The van der Waals surface area contributed by atoms with Crippen molar-refractivity contribution in [2.75, 3.05) is 13.2 Å². The van der Waals surface area contributed by atoms with Crippen LogP contribution in [0.3, 0.4) is 0 Å². The summed E-state index contributed by atoms with van der Waals surface area (Å²) in [6.07, 6.45) is 8.40. The number of ether oxygens (including phenoxy) is 1. The maximum Gasteiger partial charge on any atom is 0.326 e. The lowest BCUT2D eigenvalue weighted by Crippen LogP contribution is -2.43. The average molecular weight is 277 g/mol. The number of rotatable bonds is 3. The lowest BCUT2D eigenvalue weighted by atomic mass is 9.88. The van der Waals surface area contributed by atoms with Gasteiger partial charge in [0.25, 0.3) is 5.91 Å². The highest BCUT2D eigenvalue weighted by Gasteiger charge is 2.33. The summed E-state index contributed by atoms with van der Waals surface area (Å²) in [6.45, 7) is 1.79. The van der Waals surface area contributed by atoms with E-state index in [1.165, 1.54) is 4.90 Å². The van der Waals surface area contributed by atoms with Crippen LogP contribution >= 0.6 is 0 Å². The number of likely N-dealkylation sites (tertiary alicyclic amines) is 1. The van der Waals surface area contributed by atoms with Crippen molar-refractivity contribution < 1.29 is 19.1 Å². The number of Topliss-reactive ketones (excluding diaryl/α,β-unsaturated/α-hetero) is 1. The van der Waals surface area contributed by atoms with Crippen molar-refractivity contribution >= 4 is 17.7 Å². The van der Waals surface area contributed by atoms with Crippen LogP contribution in [0.25, 0.3) is 0 Å². The van der Waals surface area contributed by atoms with Crippen molar-refractivity contribution in [2.45, 2.75) is 32.6 Å². The molecule has 0 saturated carbocycles. The first-order chi connectivity index (χ1) is 9.63. The predicted octanol–water partition coefficient (Wildman–Crippen LogP) is 1.59. The van der Waals surface area contributed by atoms with Crippen LogP contribution in [0.1, 0.15) is 32.6 Å². The third-order valence-electron chi connectivity index (χ3n) is 3.59. The normalized spacial score (nSPS) is 22.8. The maximum absolute atomic E-state index is 12.2. The van der Waals surface area contributed by atoms with Crippen molar-refractivity contribution in [3.8, 4) is 0 Å². The van der Waals surface area contributed by atoms with E-state index in [9.17, 15) is 14.4 Å². The minimum absolute atomic E-state index is 0.186. The van der Waals surface area contributed by atoms with Gasteiger partial charge in [-0.15, -0.1) is 0 Å². The number of carbonyl (C=O) groups excluding carboxylic acids is 3. The zero-order valence-electron chi connectivity index (χ0n) is 11.6. The van der Waals surface area contributed by atoms with Gasteiger partial charge in [-0.25, -0.2) is 0 Å². The van der Waals surface area contributed by atoms with Gasteiger partial charge in [0.05, 0.1) is 6.61 Å². The summed E-state index contributed by atoms with van der Waals surface area (Å²) in [5.41, 5.74) is 0.763. The SMILES string of the molecule is CCOC(=O)CN1C(=O)C(=O)CCCC2CC=CC=C21. The van der Waals surface area contributed by atoms with Crippen molar-refractivity contribution in [3.05, 3.63) is 23.9 Å². The number of amides is 1. The Morgan fingerprint density at radius 3 is 3.00 bits per heavy atom. The highest BCUT2D eigenvalue weighted by Crippen LogP contribution is 2.30. The topological polar surface area (TPSA) is 63.7 Å². The molecule has 1 atom stereocenters. The summed E-state index contributed by atoms with van der Waals surface area (Å²) in [6, 6.07) is 0. The van der Waals surface area contributed by atoms with Gasteiger partial charge in [-0.05, 0) is 32.3 Å². The van der Waals surface area contributed by atoms with Gasteiger partial charge in [-0.1, -0.05) is 12.2 Å². The molecule has 2 rings (SSSR count). The molecule has 0 aromatic rings. The van der Waals surface area contributed by atoms with Gasteiger partial charge in [0.2, 0.25) is 5.78 Å². The van der Waals surface area contributed by atoms with Crippen molar-refractivity contribution in [1.82, 2.24) is 4.90 Å². The number of hydrogen-bond acceptors (Lipinski definition) is 4. The molecule has 5 nitrogen and oxygen atoms in total. The van der Waals surface area contributed by atoms with Crippen LogP contribution in [-0.2, 0) is 19.1 Å². The number of hydrogen-bond donors (Lipinski definition) is 0. The Kier molecular flexibility index (Phi) is 4.71. The van der Waals surface area contributed by atoms with Gasteiger partial charge in [-0.2, -0.15) is 0 Å². The van der Waals surface area contributed by atoms with Gasteiger partial charge in [0.1, 0.15) is 6.54 Å². The molecule has 0 bridgehead atoms. The zero-order valence-corrected chi connectivity index (χ0v) is 11.6. The summed E-state index contributed by atoms with van der Waals surface area (Å²) >= 11 is 0. The molecule has 20 heavy (non-hydrogen) atoms. The summed E-state index contributed by atoms with van der Waals surface area (Å²) in [5.74, 6) is -1.30. The van der Waals surface area contributed by atoms with Crippen molar-refractivity contribution in [1.29, 1.82) is 0 Å². The molecule has 1 aliphatic heterocycles. The quantitative estimate of drug-likeness (QED) is 0.580. The molecule has 1 aliphatic carbocycles. The Morgan fingerprint density at radius 2 is 2.25 bits per heavy atom. The van der Waals surface area contributed by atoms with E-state index < -0.39 is 17.7 Å². The van der Waals surface area contributed by atoms with Gasteiger partial charge in [-0.3, -0.25) is 19.3 Å². The molecule has 1 unspecified atom stereocenters. The standard InChI is InChI=1S/C15H19NO4/c1-2-20-14(18)10-16-12-8-4-3-6-11(12)7-5-9-13(17)15(16)19/h3-4,8,11H,2,5-7,9-10H2,1H3. The minimum Gasteiger partial charge on any atom is -0.465 e. The van der Waals surface area contributed by atoms with E-state index in [0.717, 1.165) is 18.5 Å². The Morgan fingerprint density at radius 1 is 1.45 bits per heavy atom. The van der Waals surface area contributed by atoms with Crippen molar-refractivity contribution in [2.24, 2.45) is 5.92 Å². The summed E-state index contributed by atoms with van der Waals surface area (Å²) < 4.78 is 4.89. The lowest BCUT2D eigenvalue weighted by Gasteiger charge is -2.32. The fourth-order valence-electron chi connectivity index (χ4n) is 2.62. The molecule has 0 N–H and O–H groups in total. The Labute approximate surface area is 118 Å². The first kappa shape index (κ1) is 14.5. The molecular weight excluding hydrogens is 258 g/mol. The van der Waals surface area contributed by atoms with Gasteiger partial charge in [0, 0.05) is 18.0 Å². The first-order valence-electron chi connectivity index (χ1n) is 7.00. The molecule has 2 aliphatic rings. The van der Waals surface area contributed by atoms with E-state index in [2.05, 4.69) is 0 Å². The van der Waals surface area contributed by atoms with Crippen LogP contribution in [0.4, 0.5) is 0 Å². The fraction of sp³-hybridized carbons (Fsp3) is 0.533. The number of fused-ring (bicyclic) bond motifs is 1. The van der Waals surface area contributed by atoms with E-state index in [1.807, 2.05) is 18.2 Å². The average Bonchev–Trinajstić information content (AvgIpc) is 2.44. The van der Waals surface area contributed by atoms with Crippen LogP contribution in [0.5, 0.6) is 0 Å². The molecule has 0 radical (unpaired) electrons. The van der Waals surface area contributed by atoms with E-state index in [1.54, 1.807) is 6.92 Å². The van der Waals surface area contributed by atoms with E-state index in [0.29, 0.717) is 6.42 Å². The molecule has 1 heterocycles. The minimum atomic E-state index is -0.593. The smallest absolute Gasteiger partial charge is 0.326 e. The van der Waals surface area contributed by atoms with E-state index >= 15 is 0 Å². The van der Waals surface area contributed by atoms with Gasteiger partial charge in [0.15, 0.2) is 0 Å². The second-order valence-electron chi connectivity index (χ2n) is 4.96. The Balaban J connectivity index is 2.25. The Bertz CT molecular complexity index is 478. The molecular formula is C15H19NO4. The molecule has 0 aromatic carbocycles. The first-order valence-corrected chi connectivity index (χ1v) is 7.00. The predicted molar refractivity (Wildman–Crippen MR) is 72.5 cm³/mol. The third-order valence-corrected chi connectivity index (χ3v) is 3.59. The summed E-state index contributed by atoms with van der Waals surface area (Å²) in [5, 5.41) is 0. The maximum atomic E-state index is 12.2. The number of allylic oxidation sites excluding steroid dienone is 4. The second kappa shape index (κ2) is 6.50. The zero-order chi connectivity index (χ0) is 14.5. The fourth-order valence-corrected chi connectivity index (χ4v) is 2.62. The van der Waals surface area contributed by atoms with Crippen LogP contribution in [0.15, 0.2) is 23.9 Å². The van der Waals surface area contributed by atoms with Crippen LogP contribution in [0, 0.1) is 5.92 Å². The molecule has 108 valence electrons. The summed E-state index contributed by atoms with van der Waals surface area (Å²) in [4.78, 5) is 37.0. The van der Waals surface area contributed by atoms with Gasteiger partial charge < -0.3 is 4.74 Å². The van der Waals surface area contributed by atoms with Crippen LogP contribution in [-0.4, -0.2) is 35.7 Å². The number of carbonyl (C=O) groups is 3. The molecule has 5 heteroatoms. The largest absolute Gasteiger partial charge is 0.465 e. The number of esters is 1. The van der Waals surface area contributed by atoms with Crippen LogP contribution in [0.2, 0.25) is 0 Å². The second-order valence-corrected chi connectivity index (χ2v) is 4.96. The number of ketones is 1. The van der Waals surface area contributed by atoms with Gasteiger partial charge >= 0.3 is 5.97 Å². The summed E-state index contributed by atoms with van der Waals surface area (Å²) in [7, 11) is 0. The van der Waals surface area contributed by atoms with Crippen LogP contribution < -0.4 is 0 Å². The van der Waals surface area contributed by atoms with Crippen molar-refractivity contribution in [3.63, 3.8) is 0 Å². The monoisotopic (exact) mass is 277 g/mol. The number of nitrogens with zero attached hydrogens (tertiary/aromatic N) is 1. The van der Waals surface area contributed by atoms with E-state index in [-0.39, 0.29) is 25.5 Å². The lowest BCUT2D eigenvalue weighted by molar-refractivity contribution is -0.151. The molecule has 0 aromatic heterocycles. The molecule has 0 spiro atoms. The molecule has 1 fully saturated rings. The van der Waals surface area contributed by atoms with E-state index in [4.69, 9.17) is 4.74 Å². The molecule has 1 amide bonds. The highest BCUT2D eigenvalue weighted by atomic mass is 16.5.